The average molecular weight is 218 g/mol. The second-order valence-electron chi connectivity index (χ2n) is 5.61. The Labute approximate surface area is 96.1 Å². The van der Waals surface area contributed by atoms with Crippen LogP contribution in [0.2, 0.25) is 0 Å². The Balaban J connectivity index is 1.61. The first kappa shape index (κ1) is 10.2. The number of carbonyl (C=O) groups excluding carboxylic acids is 2. The molecule has 0 heterocycles. The van der Waals surface area contributed by atoms with Gasteiger partial charge in [-0.1, -0.05) is 12.2 Å². The molecule has 2 bridgehead atoms. The minimum Gasteiger partial charge on any atom is -0.299 e. The summed E-state index contributed by atoms with van der Waals surface area (Å²) in [6.45, 7) is 0. The third-order valence-corrected chi connectivity index (χ3v) is 4.57. The van der Waals surface area contributed by atoms with Gasteiger partial charge in [0.05, 0.1) is 0 Å². The molecule has 2 saturated carbocycles. The molecular weight excluding hydrogens is 200 g/mol. The zero-order valence-corrected chi connectivity index (χ0v) is 9.52. The number of carbonyl (C=O) groups is 2. The SMILES string of the molecule is O=C1CCCC1CC(=O)C1CC2C=CC1C2. The predicted molar refractivity (Wildman–Crippen MR) is 60.8 cm³/mol. The zero-order chi connectivity index (χ0) is 11.1. The molecule has 2 fully saturated rings. The number of fused-ring (bicyclic) bond motifs is 2. The van der Waals surface area contributed by atoms with Crippen molar-refractivity contribution in [2.45, 2.75) is 38.5 Å². The van der Waals surface area contributed by atoms with Crippen LogP contribution < -0.4 is 0 Å². The van der Waals surface area contributed by atoms with Gasteiger partial charge in [0.1, 0.15) is 11.6 Å². The van der Waals surface area contributed by atoms with Gasteiger partial charge < -0.3 is 0 Å². The lowest BCUT2D eigenvalue weighted by Gasteiger charge is -2.18. The smallest absolute Gasteiger partial charge is 0.137 e. The Bertz CT molecular complexity index is 356. The number of allylic oxidation sites excluding steroid dienone is 2. The van der Waals surface area contributed by atoms with Crippen molar-refractivity contribution >= 4 is 11.6 Å². The summed E-state index contributed by atoms with van der Waals surface area (Å²) in [7, 11) is 0. The lowest BCUT2D eigenvalue weighted by atomic mass is 9.85. The van der Waals surface area contributed by atoms with Crippen molar-refractivity contribution in [1.82, 2.24) is 0 Å². The Morgan fingerprint density at radius 1 is 1.31 bits per heavy atom. The van der Waals surface area contributed by atoms with E-state index in [0.29, 0.717) is 36.2 Å². The van der Waals surface area contributed by atoms with E-state index in [-0.39, 0.29) is 11.8 Å². The third-order valence-electron chi connectivity index (χ3n) is 4.57. The van der Waals surface area contributed by atoms with Crippen LogP contribution in [0.1, 0.15) is 38.5 Å². The van der Waals surface area contributed by atoms with E-state index in [1.165, 1.54) is 6.42 Å². The molecule has 0 saturated heterocycles. The number of ketones is 2. The van der Waals surface area contributed by atoms with Crippen LogP contribution in [-0.2, 0) is 9.59 Å². The van der Waals surface area contributed by atoms with E-state index < -0.39 is 0 Å². The summed E-state index contributed by atoms with van der Waals surface area (Å²) in [5, 5.41) is 0. The highest BCUT2D eigenvalue weighted by Crippen LogP contribution is 2.44. The fraction of sp³-hybridized carbons (Fsp3) is 0.714. The van der Waals surface area contributed by atoms with Gasteiger partial charge in [-0.15, -0.1) is 0 Å². The van der Waals surface area contributed by atoms with Gasteiger partial charge in [0.2, 0.25) is 0 Å². The van der Waals surface area contributed by atoms with E-state index in [4.69, 9.17) is 0 Å². The Kier molecular flexibility index (Phi) is 2.45. The molecule has 0 aromatic heterocycles. The van der Waals surface area contributed by atoms with Gasteiger partial charge in [-0.05, 0) is 37.5 Å². The topological polar surface area (TPSA) is 34.1 Å². The Morgan fingerprint density at radius 2 is 2.19 bits per heavy atom. The average Bonchev–Trinajstić information content (AvgIpc) is 2.95. The second-order valence-corrected chi connectivity index (χ2v) is 5.61. The maximum Gasteiger partial charge on any atom is 0.137 e. The molecule has 4 atom stereocenters. The summed E-state index contributed by atoms with van der Waals surface area (Å²) in [6.07, 6.45) is 9.86. The number of hydrogen-bond acceptors (Lipinski definition) is 2. The molecule has 4 unspecified atom stereocenters. The number of rotatable bonds is 3. The Hall–Kier alpha value is -0.920. The molecular formula is C14H18O2. The van der Waals surface area contributed by atoms with E-state index in [9.17, 15) is 9.59 Å². The molecule has 3 rings (SSSR count). The van der Waals surface area contributed by atoms with Gasteiger partial charge in [0.15, 0.2) is 0 Å². The molecule has 0 aromatic carbocycles. The van der Waals surface area contributed by atoms with Crippen molar-refractivity contribution in [3.05, 3.63) is 12.2 Å². The van der Waals surface area contributed by atoms with Crippen molar-refractivity contribution in [1.29, 1.82) is 0 Å². The van der Waals surface area contributed by atoms with Crippen LogP contribution in [0.5, 0.6) is 0 Å². The molecule has 0 spiro atoms. The molecule has 2 heteroatoms. The molecule has 0 amide bonds. The summed E-state index contributed by atoms with van der Waals surface area (Å²) < 4.78 is 0. The normalized spacial score (nSPS) is 40.9. The molecule has 0 aliphatic heterocycles. The first-order valence-electron chi connectivity index (χ1n) is 6.48. The Morgan fingerprint density at radius 3 is 2.75 bits per heavy atom. The van der Waals surface area contributed by atoms with Crippen molar-refractivity contribution in [2.75, 3.05) is 0 Å². The summed E-state index contributed by atoms with van der Waals surface area (Å²) in [5.41, 5.74) is 0. The summed E-state index contributed by atoms with van der Waals surface area (Å²) in [5.74, 6) is 2.13. The van der Waals surface area contributed by atoms with E-state index in [0.717, 1.165) is 19.3 Å². The van der Waals surface area contributed by atoms with Crippen LogP contribution in [0.4, 0.5) is 0 Å². The fourth-order valence-electron chi connectivity index (χ4n) is 3.65. The maximum absolute atomic E-state index is 12.2. The minimum absolute atomic E-state index is 0.0654. The molecule has 3 aliphatic carbocycles. The van der Waals surface area contributed by atoms with Gasteiger partial charge in [-0.2, -0.15) is 0 Å². The summed E-state index contributed by atoms with van der Waals surface area (Å²) >= 11 is 0. The van der Waals surface area contributed by atoms with E-state index in [1.807, 2.05) is 0 Å². The molecule has 86 valence electrons. The van der Waals surface area contributed by atoms with Crippen LogP contribution in [0, 0.1) is 23.7 Å². The van der Waals surface area contributed by atoms with Crippen molar-refractivity contribution in [3.8, 4) is 0 Å². The van der Waals surface area contributed by atoms with Crippen LogP contribution >= 0.6 is 0 Å². The van der Waals surface area contributed by atoms with Crippen molar-refractivity contribution in [2.24, 2.45) is 23.7 Å². The standard InChI is InChI=1S/C14H18O2/c15-13-3-1-2-11(13)8-14(16)12-7-9-4-5-10(12)6-9/h4-5,9-12H,1-3,6-8H2. The van der Waals surface area contributed by atoms with Crippen LogP contribution in [0.3, 0.4) is 0 Å². The van der Waals surface area contributed by atoms with E-state index in [2.05, 4.69) is 12.2 Å². The van der Waals surface area contributed by atoms with Crippen LogP contribution in [-0.4, -0.2) is 11.6 Å². The second kappa shape index (κ2) is 3.83. The molecule has 3 aliphatic rings. The molecule has 0 radical (unpaired) electrons. The maximum atomic E-state index is 12.2. The number of hydrogen-bond donors (Lipinski definition) is 0. The molecule has 2 nitrogen and oxygen atoms in total. The first-order chi connectivity index (χ1) is 7.74. The minimum atomic E-state index is 0.0654. The quantitative estimate of drug-likeness (QED) is 0.682. The molecule has 0 aromatic rings. The highest BCUT2D eigenvalue weighted by Gasteiger charge is 2.40. The summed E-state index contributed by atoms with van der Waals surface area (Å²) in [4.78, 5) is 23.7. The van der Waals surface area contributed by atoms with Crippen LogP contribution in [0.15, 0.2) is 12.2 Å². The van der Waals surface area contributed by atoms with Gasteiger partial charge >= 0.3 is 0 Å². The van der Waals surface area contributed by atoms with Crippen molar-refractivity contribution in [3.63, 3.8) is 0 Å². The van der Waals surface area contributed by atoms with E-state index >= 15 is 0 Å². The lowest BCUT2D eigenvalue weighted by molar-refractivity contribution is -0.129. The van der Waals surface area contributed by atoms with Gasteiger partial charge in [0.25, 0.3) is 0 Å². The zero-order valence-electron chi connectivity index (χ0n) is 9.52. The van der Waals surface area contributed by atoms with Crippen LogP contribution in [0.25, 0.3) is 0 Å². The van der Waals surface area contributed by atoms with Gasteiger partial charge in [-0.25, -0.2) is 0 Å². The fourth-order valence-corrected chi connectivity index (χ4v) is 3.65. The highest BCUT2D eigenvalue weighted by molar-refractivity contribution is 5.90. The summed E-state index contributed by atoms with van der Waals surface area (Å²) in [6, 6.07) is 0. The van der Waals surface area contributed by atoms with Crippen molar-refractivity contribution < 1.29 is 9.59 Å². The third kappa shape index (κ3) is 1.64. The molecule has 16 heavy (non-hydrogen) atoms. The van der Waals surface area contributed by atoms with Gasteiger partial charge in [-0.3, -0.25) is 9.59 Å². The largest absolute Gasteiger partial charge is 0.299 e. The lowest BCUT2D eigenvalue weighted by Crippen LogP contribution is -2.23. The van der Waals surface area contributed by atoms with Gasteiger partial charge in [0, 0.05) is 24.7 Å². The molecule has 0 N–H and O–H groups in total. The van der Waals surface area contributed by atoms with E-state index in [1.54, 1.807) is 0 Å². The number of Topliss-reactive ketones (excluding diaryl/α,β-unsaturated/α-hetero) is 2. The first-order valence-corrected chi connectivity index (χ1v) is 6.48. The highest BCUT2D eigenvalue weighted by atomic mass is 16.1. The predicted octanol–water partition coefficient (Wildman–Crippen LogP) is 2.53. The monoisotopic (exact) mass is 218 g/mol.